The van der Waals surface area contributed by atoms with Gasteiger partial charge in [-0.1, -0.05) is 30.3 Å². The van der Waals surface area contributed by atoms with Gasteiger partial charge in [-0.25, -0.2) is 0 Å². The fourth-order valence-corrected chi connectivity index (χ4v) is 2.87. The van der Waals surface area contributed by atoms with Crippen molar-refractivity contribution in [2.75, 3.05) is 6.61 Å². The lowest BCUT2D eigenvalue weighted by Crippen LogP contribution is -2.62. The molecule has 0 spiro atoms. The second-order valence-electron chi connectivity index (χ2n) is 6.29. The predicted octanol–water partition coefficient (Wildman–Crippen LogP) is 0.715. The van der Waals surface area contributed by atoms with Crippen LogP contribution in [0.4, 0.5) is 0 Å². The van der Waals surface area contributed by atoms with E-state index in [0.29, 0.717) is 0 Å². The zero-order valence-corrected chi connectivity index (χ0v) is 15.9. The highest BCUT2D eigenvalue weighted by Gasteiger charge is 2.51. The van der Waals surface area contributed by atoms with E-state index < -0.39 is 48.6 Å². The Balaban J connectivity index is 2.16. The van der Waals surface area contributed by atoms with Crippen molar-refractivity contribution in [1.82, 2.24) is 0 Å². The van der Waals surface area contributed by atoms with Crippen LogP contribution in [-0.4, -0.2) is 60.3 Å². The minimum atomic E-state index is -1.59. The minimum Gasteiger partial charge on any atom is -0.456 e. The molecule has 3 unspecified atom stereocenters. The van der Waals surface area contributed by atoms with Gasteiger partial charge in [0.05, 0.1) is 13.2 Å². The smallest absolute Gasteiger partial charge is 0.303 e. The van der Waals surface area contributed by atoms with Gasteiger partial charge in [-0.3, -0.25) is 14.4 Å². The first-order valence-corrected chi connectivity index (χ1v) is 8.74. The summed E-state index contributed by atoms with van der Waals surface area (Å²) in [5, 5.41) is 10.3. The van der Waals surface area contributed by atoms with E-state index in [1.807, 2.05) is 30.3 Å². The molecule has 1 saturated heterocycles. The summed E-state index contributed by atoms with van der Waals surface area (Å²) in [5.41, 5.74) is 0.914. The van der Waals surface area contributed by atoms with Crippen molar-refractivity contribution in [3.8, 4) is 0 Å². The van der Waals surface area contributed by atoms with Crippen LogP contribution in [0.2, 0.25) is 0 Å². The molecule has 1 aliphatic rings. The van der Waals surface area contributed by atoms with Gasteiger partial charge in [-0.05, 0) is 5.56 Å². The number of hydrogen-bond acceptors (Lipinski definition) is 9. The standard InChI is InChI=1S/C19H24O9/c1-11(20)25-16-15(10-24-9-14-7-5-4-6-8-14)28-19(23)18(27-13(3)22)17(16)26-12(2)21/h4-8,15-19,23H,9-10H2,1-3H3/t15?,16-,17?,18?,19-/m0/s1. The van der Waals surface area contributed by atoms with Crippen LogP contribution in [0.15, 0.2) is 30.3 Å². The van der Waals surface area contributed by atoms with Gasteiger partial charge in [0.25, 0.3) is 0 Å². The molecule has 28 heavy (non-hydrogen) atoms. The molecule has 1 aromatic carbocycles. The molecule has 0 amide bonds. The molecule has 5 atom stereocenters. The molecule has 0 radical (unpaired) electrons. The summed E-state index contributed by atoms with van der Waals surface area (Å²) in [5.74, 6) is -2.07. The van der Waals surface area contributed by atoms with Crippen molar-refractivity contribution in [3.05, 3.63) is 35.9 Å². The summed E-state index contributed by atoms with van der Waals surface area (Å²) in [6.45, 7) is 3.66. The summed E-state index contributed by atoms with van der Waals surface area (Å²) < 4.78 is 26.5. The molecule has 0 aromatic heterocycles. The summed E-state index contributed by atoms with van der Waals surface area (Å²) in [6.07, 6.45) is -6.27. The third-order valence-corrected chi connectivity index (χ3v) is 3.91. The molecule has 0 bridgehead atoms. The first-order chi connectivity index (χ1) is 13.3. The van der Waals surface area contributed by atoms with Crippen molar-refractivity contribution < 1.29 is 43.2 Å². The molecule has 1 N–H and O–H groups in total. The highest BCUT2D eigenvalue weighted by molar-refractivity contribution is 5.68. The maximum atomic E-state index is 11.6. The monoisotopic (exact) mass is 396 g/mol. The van der Waals surface area contributed by atoms with Gasteiger partial charge in [0.15, 0.2) is 24.6 Å². The summed E-state index contributed by atoms with van der Waals surface area (Å²) in [6, 6.07) is 9.35. The van der Waals surface area contributed by atoms with Crippen molar-refractivity contribution in [3.63, 3.8) is 0 Å². The molecule has 154 valence electrons. The number of aliphatic hydroxyl groups is 1. The second kappa shape index (κ2) is 10.2. The molecule has 1 fully saturated rings. The quantitative estimate of drug-likeness (QED) is 0.525. The molecule has 2 rings (SSSR count). The fraction of sp³-hybridized carbons (Fsp3) is 0.526. The van der Waals surface area contributed by atoms with E-state index in [4.69, 9.17) is 23.7 Å². The highest BCUT2D eigenvalue weighted by Crippen LogP contribution is 2.28. The third kappa shape index (κ3) is 6.29. The van der Waals surface area contributed by atoms with Crippen LogP contribution >= 0.6 is 0 Å². The van der Waals surface area contributed by atoms with Crippen molar-refractivity contribution in [1.29, 1.82) is 0 Å². The summed E-state index contributed by atoms with van der Waals surface area (Å²) in [7, 11) is 0. The number of hydrogen-bond donors (Lipinski definition) is 1. The molecule has 0 aliphatic carbocycles. The highest BCUT2D eigenvalue weighted by atomic mass is 16.7. The lowest BCUT2D eigenvalue weighted by atomic mass is 9.98. The minimum absolute atomic E-state index is 0.0611. The molecule has 9 heteroatoms. The van der Waals surface area contributed by atoms with Crippen LogP contribution < -0.4 is 0 Å². The Bertz CT molecular complexity index is 675. The van der Waals surface area contributed by atoms with Gasteiger partial charge in [-0.2, -0.15) is 0 Å². The molecule has 0 saturated carbocycles. The van der Waals surface area contributed by atoms with E-state index in [0.717, 1.165) is 19.4 Å². The van der Waals surface area contributed by atoms with Crippen molar-refractivity contribution in [2.24, 2.45) is 0 Å². The van der Waals surface area contributed by atoms with E-state index >= 15 is 0 Å². The van der Waals surface area contributed by atoms with E-state index in [9.17, 15) is 19.5 Å². The molecule has 9 nitrogen and oxygen atoms in total. The number of esters is 3. The molecular formula is C19H24O9. The molecule has 1 heterocycles. The zero-order chi connectivity index (χ0) is 20.7. The first-order valence-electron chi connectivity index (χ1n) is 8.74. The van der Waals surface area contributed by atoms with Crippen LogP contribution in [-0.2, 0) is 44.7 Å². The van der Waals surface area contributed by atoms with Gasteiger partial charge in [-0.15, -0.1) is 0 Å². The number of carbonyl (C=O) groups excluding carboxylic acids is 3. The van der Waals surface area contributed by atoms with Crippen LogP contribution in [0.1, 0.15) is 26.3 Å². The van der Waals surface area contributed by atoms with Crippen LogP contribution in [0.5, 0.6) is 0 Å². The van der Waals surface area contributed by atoms with Crippen molar-refractivity contribution in [2.45, 2.75) is 58.1 Å². The van der Waals surface area contributed by atoms with E-state index in [2.05, 4.69) is 0 Å². The topological polar surface area (TPSA) is 118 Å². The van der Waals surface area contributed by atoms with E-state index in [1.54, 1.807) is 0 Å². The summed E-state index contributed by atoms with van der Waals surface area (Å²) in [4.78, 5) is 34.5. The van der Waals surface area contributed by atoms with Gasteiger partial charge in [0, 0.05) is 20.8 Å². The number of ether oxygens (including phenoxy) is 5. The molecular weight excluding hydrogens is 372 g/mol. The van der Waals surface area contributed by atoms with Gasteiger partial charge in [0.2, 0.25) is 0 Å². The number of rotatable bonds is 7. The Morgan fingerprint density at radius 1 is 0.893 bits per heavy atom. The Kier molecular flexibility index (Phi) is 7.91. The Labute approximate surface area is 162 Å². The maximum absolute atomic E-state index is 11.6. The lowest BCUT2D eigenvalue weighted by molar-refractivity contribution is -0.297. The predicted molar refractivity (Wildman–Crippen MR) is 93.6 cm³/mol. The third-order valence-electron chi connectivity index (χ3n) is 3.91. The van der Waals surface area contributed by atoms with Gasteiger partial charge < -0.3 is 28.8 Å². The number of carbonyl (C=O) groups is 3. The average molecular weight is 396 g/mol. The Morgan fingerprint density at radius 2 is 1.43 bits per heavy atom. The van der Waals surface area contributed by atoms with Gasteiger partial charge >= 0.3 is 17.9 Å². The average Bonchev–Trinajstić information content (AvgIpc) is 2.61. The van der Waals surface area contributed by atoms with Crippen LogP contribution in [0.25, 0.3) is 0 Å². The van der Waals surface area contributed by atoms with E-state index in [1.165, 1.54) is 6.92 Å². The Morgan fingerprint density at radius 3 is 2.00 bits per heavy atom. The molecule has 1 aromatic rings. The van der Waals surface area contributed by atoms with Crippen molar-refractivity contribution >= 4 is 17.9 Å². The van der Waals surface area contributed by atoms with Gasteiger partial charge in [0.1, 0.15) is 6.10 Å². The van der Waals surface area contributed by atoms with Crippen LogP contribution in [0.3, 0.4) is 0 Å². The normalized spacial score (nSPS) is 26.9. The number of benzene rings is 1. The molecule has 1 aliphatic heterocycles. The largest absolute Gasteiger partial charge is 0.456 e. The Hall–Kier alpha value is -2.49. The lowest BCUT2D eigenvalue weighted by Gasteiger charge is -2.42. The van der Waals surface area contributed by atoms with E-state index in [-0.39, 0.29) is 13.2 Å². The fourth-order valence-electron chi connectivity index (χ4n) is 2.87. The second-order valence-corrected chi connectivity index (χ2v) is 6.29. The first kappa shape index (κ1) is 21.8. The maximum Gasteiger partial charge on any atom is 0.303 e. The SMILES string of the molecule is CC(=O)OC1C(OC(C)=O)[C@@H](O)OC(COCc2ccccc2)[C@@H]1OC(C)=O. The summed E-state index contributed by atoms with van der Waals surface area (Å²) >= 11 is 0. The zero-order valence-electron chi connectivity index (χ0n) is 15.9. The van der Waals surface area contributed by atoms with Crippen LogP contribution in [0, 0.1) is 0 Å². The number of aliphatic hydroxyl groups excluding tert-OH is 1.